The predicted octanol–water partition coefficient (Wildman–Crippen LogP) is 4.55. The summed E-state index contributed by atoms with van der Waals surface area (Å²) in [7, 11) is 6.07. The van der Waals surface area contributed by atoms with Gasteiger partial charge >= 0.3 is 5.69 Å². The van der Waals surface area contributed by atoms with E-state index in [1.165, 1.54) is 13.2 Å². The summed E-state index contributed by atoms with van der Waals surface area (Å²) in [5.74, 6) is 2.12. The van der Waals surface area contributed by atoms with Gasteiger partial charge in [-0.1, -0.05) is 0 Å². The number of nitro groups is 1. The van der Waals surface area contributed by atoms with Crippen molar-refractivity contribution < 1.29 is 29.0 Å². The van der Waals surface area contributed by atoms with Crippen LogP contribution in [0.2, 0.25) is 0 Å². The number of phenols is 1. The van der Waals surface area contributed by atoms with Gasteiger partial charge < -0.3 is 24.1 Å². The van der Waals surface area contributed by atoms with Crippen molar-refractivity contribution in [2.24, 2.45) is 0 Å². The van der Waals surface area contributed by atoms with Crippen molar-refractivity contribution in [2.75, 3.05) is 34.2 Å². The predicted molar refractivity (Wildman–Crippen MR) is 113 cm³/mol. The molecule has 0 spiro atoms. The number of thioether (sulfide) groups is 2. The van der Waals surface area contributed by atoms with Crippen molar-refractivity contribution in [1.29, 1.82) is 0 Å². The number of methoxy groups -OCH3 is 4. The van der Waals surface area contributed by atoms with Gasteiger partial charge in [0.2, 0.25) is 11.5 Å². The molecule has 0 unspecified atom stereocenters. The van der Waals surface area contributed by atoms with Crippen molar-refractivity contribution in [3.05, 3.63) is 45.5 Å². The molecule has 0 radical (unpaired) electrons. The summed E-state index contributed by atoms with van der Waals surface area (Å²) in [5.41, 5.74) is 1.37. The molecule has 2 aromatic rings. The standard InChI is InChI=1S/C19H21NO7S2/c1-24-13-8-11(5-12(17(13)21)20(22)23)19-28-9-16(29-19)10-6-14(25-2)18(27-4)15(7-10)26-3/h5-8,16,19,21H,9H2,1-4H3/t16-,19-/m1/s1. The van der Waals surface area contributed by atoms with Gasteiger partial charge in [0.25, 0.3) is 0 Å². The maximum atomic E-state index is 11.3. The third-order valence-corrected chi connectivity index (χ3v) is 7.85. The Bertz CT molecular complexity index is 897. The van der Waals surface area contributed by atoms with Gasteiger partial charge in [-0.25, -0.2) is 0 Å². The van der Waals surface area contributed by atoms with E-state index < -0.39 is 10.7 Å². The molecule has 1 aliphatic rings. The van der Waals surface area contributed by atoms with Crippen molar-refractivity contribution in [3.63, 3.8) is 0 Å². The number of aromatic hydroxyl groups is 1. The molecule has 1 fully saturated rings. The molecule has 10 heteroatoms. The largest absolute Gasteiger partial charge is 0.500 e. The lowest BCUT2D eigenvalue weighted by Crippen LogP contribution is -1.99. The minimum Gasteiger partial charge on any atom is -0.500 e. The Morgan fingerprint density at radius 1 is 0.966 bits per heavy atom. The lowest BCUT2D eigenvalue weighted by atomic mass is 10.1. The number of nitrogens with zero attached hydrogens (tertiary/aromatic N) is 1. The monoisotopic (exact) mass is 439 g/mol. The van der Waals surface area contributed by atoms with Crippen LogP contribution in [0.4, 0.5) is 5.69 Å². The summed E-state index contributed by atoms with van der Waals surface area (Å²) in [6.07, 6.45) is 0. The van der Waals surface area contributed by atoms with Crippen molar-refractivity contribution in [2.45, 2.75) is 9.83 Å². The van der Waals surface area contributed by atoms with Gasteiger partial charge in [0.05, 0.1) is 37.9 Å². The molecule has 3 rings (SSSR count). The smallest absolute Gasteiger partial charge is 0.315 e. The molecular weight excluding hydrogens is 418 g/mol. The number of ether oxygens (including phenoxy) is 4. The molecule has 2 atom stereocenters. The van der Waals surface area contributed by atoms with E-state index in [1.54, 1.807) is 50.9 Å². The highest BCUT2D eigenvalue weighted by Gasteiger charge is 2.32. The van der Waals surface area contributed by atoms with Crippen LogP contribution in [0, 0.1) is 10.1 Å². The third kappa shape index (κ3) is 4.13. The highest BCUT2D eigenvalue weighted by molar-refractivity contribution is 8.19. The van der Waals surface area contributed by atoms with Gasteiger partial charge in [-0.15, -0.1) is 23.5 Å². The van der Waals surface area contributed by atoms with Crippen LogP contribution < -0.4 is 18.9 Å². The fourth-order valence-corrected chi connectivity index (χ4v) is 6.34. The summed E-state index contributed by atoms with van der Waals surface area (Å²) < 4.78 is 21.3. The molecule has 29 heavy (non-hydrogen) atoms. The van der Waals surface area contributed by atoms with E-state index in [2.05, 4.69) is 0 Å². The van der Waals surface area contributed by atoms with E-state index in [9.17, 15) is 15.2 Å². The molecule has 8 nitrogen and oxygen atoms in total. The van der Waals surface area contributed by atoms with E-state index in [0.29, 0.717) is 17.2 Å². The first-order valence-corrected chi connectivity index (χ1v) is 10.5. The topological polar surface area (TPSA) is 100 Å². The molecule has 1 saturated heterocycles. The Morgan fingerprint density at radius 2 is 1.55 bits per heavy atom. The van der Waals surface area contributed by atoms with Crippen molar-refractivity contribution in [1.82, 2.24) is 0 Å². The maximum absolute atomic E-state index is 11.3. The summed E-state index contributed by atoms with van der Waals surface area (Å²) in [6, 6.07) is 6.88. The van der Waals surface area contributed by atoms with Gasteiger partial charge in [0.1, 0.15) is 0 Å². The highest BCUT2D eigenvalue weighted by Crippen LogP contribution is 2.58. The number of benzene rings is 2. The van der Waals surface area contributed by atoms with Gasteiger partial charge in [-0.05, 0) is 29.3 Å². The number of hydrogen-bond donors (Lipinski definition) is 1. The van der Waals surface area contributed by atoms with Crippen LogP contribution in [0.15, 0.2) is 24.3 Å². The van der Waals surface area contributed by atoms with Crippen LogP contribution >= 0.6 is 23.5 Å². The highest BCUT2D eigenvalue weighted by atomic mass is 32.2. The Kier molecular flexibility index (Phi) is 6.53. The molecule has 156 valence electrons. The lowest BCUT2D eigenvalue weighted by Gasteiger charge is -2.17. The number of nitro benzene ring substituents is 1. The molecule has 0 amide bonds. The van der Waals surface area contributed by atoms with E-state index in [1.807, 2.05) is 12.1 Å². The second kappa shape index (κ2) is 8.91. The van der Waals surface area contributed by atoms with Gasteiger partial charge in [-0.2, -0.15) is 0 Å². The zero-order chi connectivity index (χ0) is 21.1. The van der Waals surface area contributed by atoms with Crippen molar-refractivity contribution in [3.8, 4) is 28.7 Å². The zero-order valence-electron chi connectivity index (χ0n) is 16.3. The summed E-state index contributed by atoms with van der Waals surface area (Å²) >= 11 is 3.34. The summed E-state index contributed by atoms with van der Waals surface area (Å²) in [6.45, 7) is 0. The fraction of sp³-hybridized carbons (Fsp3) is 0.368. The van der Waals surface area contributed by atoms with Crippen LogP contribution in [-0.4, -0.2) is 44.2 Å². The number of rotatable bonds is 7. The first-order valence-electron chi connectivity index (χ1n) is 8.55. The van der Waals surface area contributed by atoms with Gasteiger partial charge in [0, 0.05) is 17.1 Å². The summed E-state index contributed by atoms with van der Waals surface area (Å²) in [5, 5.41) is 21.4. The van der Waals surface area contributed by atoms with Gasteiger partial charge in [-0.3, -0.25) is 10.1 Å². The first-order chi connectivity index (χ1) is 13.9. The lowest BCUT2D eigenvalue weighted by molar-refractivity contribution is -0.386. The number of hydrogen-bond acceptors (Lipinski definition) is 9. The average Bonchev–Trinajstić information content (AvgIpc) is 3.22. The Morgan fingerprint density at radius 3 is 2.07 bits per heavy atom. The molecule has 0 aromatic heterocycles. The second-order valence-corrected chi connectivity index (χ2v) is 8.85. The van der Waals surface area contributed by atoms with E-state index in [0.717, 1.165) is 16.9 Å². The molecule has 1 heterocycles. The summed E-state index contributed by atoms with van der Waals surface area (Å²) in [4.78, 5) is 10.7. The molecule has 0 aliphatic carbocycles. The average molecular weight is 440 g/mol. The Balaban J connectivity index is 1.91. The maximum Gasteiger partial charge on any atom is 0.315 e. The normalized spacial score (nSPS) is 18.3. The Labute approximate surface area is 176 Å². The minimum absolute atomic E-state index is 0.0488. The molecule has 1 aliphatic heterocycles. The molecule has 0 saturated carbocycles. The van der Waals surface area contributed by atoms with E-state index in [4.69, 9.17) is 18.9 Å². The van der Waals surface area contributed by atoms with Crippen LogP contribution in [0.5, 0.6) is 28.7 Å². The first kappa shape index (κ1) is 21.3. The molecular formula is C19H21NO7S2. The number of phenolic OH excluding ortho intramolecular Hbond substituents is 1. The third-order valence-electron chi connectivity index (χ3n) is 4.51. The van der Waals surface area contributed by atoms with Crippen LogP contribution in [-0.2, 0) is 0 Å². The zero-order valence-corrected chi connectivity index (χ0v) is 18.0. The van der Waals surface area contributed by atoms with Gasteiger partial charge in [0.15, 0.2) is 17.2 Å². The van der Waals surface area contributed by atoms with E-state index in [-0.39, 0.29) is 21.3 Å². The quantitative estimate of drug-likeness (QED) is 0.492. The minimum atomic E-state index is -0.609. The molecule has 0 bridgehead atoms. The van der Waals surface area contributed by atoms with Crippen LogP contribution in [0.1, 0.15) is 21.0 Å². The second-order valence-electron chi connectivity index (χ2n) is 6.10. The molecule has 1 N–H and O–H groups in total. The van der Waals surface area contributed by atoms with Crippen molar-refractivity contribution >= 4 is 29.2 Å². The fourth-order valence-electron chi connectivity index (χ4n) is 3.08. The molecule has 2 aromatic carbocycles. The van der Waals surface area contributed by atoms with E-state index >= 15 is 0 Å². The van der Waals surface area contributed by atoms with Crippen LogP contribution in [0.25, 0.3) is 0 Å². The SMILES string of the molecule is COc1cc([C@@H]2SC[C@H](c3cc(OC)c(OC)c(OC)c3)S2)cc([N+](=O)[O-])c1O. The van der Waals surface area contributed by atoms with Crippen LogP contribution in [0.3, 0.4) is 0 Å². The Hall–Kier alpha value is -2.46.